The SMILES string of the molecule is COc1cc2c(cc1OCCCCOc1ccc(F)c(Oc3cc(OC)c(OC)c(OC)c3)c1)N=C[C@@H]1CCCN1C2=O. The van der Waals surface area contributed by atoms with Gasteiger partial charge in [-0.3, -0.25) is 9.79 Å². The van der Waals surface area contributed by atoms with E-state index in [1.807, 2.05) is 11.1 Å². The van der Waals surface area contributed by atoms with E-state index < -0.39 is 5.82 Å². The molecule has 5 rings (SSSR count). The van der Waals surface area contributed by atoms with Crippen LogP contribution in [0.2, 0.25) is 0 Å². The average Bonchev–Trinajstić information content (AvgIpc) is 3.46. The summed E-state index contributed by atoms with van der Waals surface area (Å²) in [5, 5.41) is 0. The van der Waals surface area contributed by atoms with E-state index in [0.717, 1.165) is 19.4 Å². The van der Waals surface area contributed by atoms with Crippen molar-refractivity contribution >= 4 is 17.8 Å². The van der Waals surface area contributed by atoms with Crippen LogP contribution in [0, 0.1) is 5.82 Å². The molecule has 0 N–H and O–H groups in total. The van der Waals surface area contributed by atoms with E-state index in [4.69, 9.17) is 33.2 Å². The number of nitrogens with zero attached hydrogens (tertiary/aromatic N) is 2. The first-order valence-electron chi connectivity index (χ1n) is 14.1. The zero-order valence-electron chi connectivity index (χ0n) is 24.7. The first-order chi connectivity index (χ1) is 20.9. The molecule has 1 atom stereocenters. The number of hydrogen-bond donors (Lipinski definition) is 0. The topological polar surface area (TPSA) is 97.3 Å². The molecule has 11 heteroatoms. The van der Waals surface area contributed by atoms with Gasteiger partial charge in [0.2, 0.25) is 5.75 Å². The van der Waals surface area contributed by atoms with E-state index in [0.29, 0.717) is 77.6 Å². The lowest BCUT2D eigenvalue weighted by atomic mass is 10.1. The van der Waals surface area contributed by atoms with Gasteiger partial charge >= 0.3 is 0 Å². The summed E-state index contributed by atoms with van der Waals surface area (Å²) in [6, 6.07) is 11.0. The van der Waals surface area contributed by atoms with Crippen LogP contribution in [-0.4, -0.2) is 71.3 Å². The highest BCUT2D eigenvalue weighted by Gasteiger charge is 2.32. The van der Waals surface area contributed by atoms with Gasteiger partial charge in [0.1, 0.15) is 11.5 Å². The molecular formula is C32H35FN2O8. The summed E-state index contributed by atoms with van der Waals surface area (Å²) >= 11 is 0. The summed E-state index contributed by atoms with van der Waals surface area (Å²) in [5.41, 5.74) is 1.10. The van der Waals surface area contributed by atoms with Gasteiger partial charge in [0.25, 0.3) is 5.91 Å². The van der Waals surface area contributed by atoms with Gasteiger partial charge in [-0.15, -0.1) is 0 Å². The molecule has 1 fully saturated rings. The minimum absolute atomic E-state index is 0.00743. The van der Waals surface area contributed by atoms with E-state index in [1.165, 1.54) is 33.5 Å². The van der Waals surface area contributed by atoms with Crippen molar-refractivity contribution in [3.63, 3.8) is 0 Å². The lowest BCUT2D eigenvalue weighted by Gasteiger charge is -2.20. The van der Waals surface area contributed by atoms with Gasteiger partial charge in [-0.05, 0) is 43.9 Å². The number of carbonyl (C=O) groups excluding carboxylic acids is 1. The van der Waals surface area contributed by atoms with Crippen LogP contribution >= 0.6 is 0 Å². The van der Waals surface area contributed by atoms with Crippen molar-refractivity contribution in [3.05, 3.63) is 53.8 Å². The molecule has 2 aliphatic heterocycles. The standard InChI is InChI=1S/C32H35FN2O8/c1-37-27-17-23-25(34-19-20-8-7-11-35(20)32(23)36)18-28(27)42-13-6-5-12-41-21-9-10-24(33)26(14-21)43-22-15-29(38-2)31(40-4)30(16-22)39-3/h9-10,14-20H,5-8,11-13H2,1-4H3/t20-/m0/s1. The highest BCUT2D eigenvalue weighted by atomic mass is 19.1. The molecule has 0 spiro atoms. The van der Waals surface area contributed by atoms with E-state index in [1.54, 1.807) is 37.4 Å². The Morgan fingerprint density at radius 2 is 1.51 bits per heavy atom. The normalized spacial score (nSPS) is 15.3. The van der Waals surface area contributed by atoms with Crippen molar-refractivity contribution in [1.29, 1.82) is 0 Å². The molecule has 0 aliphatic carbocycles. The molecule has 0 bridgehead atoms. The number of carbonyl (C=O) groups is 1. The van der Waals surface area contributed by atoms with Gasteiger partial charge in [0.05, 0.1) is 58.9 Å². The van der Waals surface area contributed by atoms with Crippen molar-refractivity contribution in [1.82, 2.24) is 4.90 Å². The minimum atomic E-state index is -0.546. The lowest BCUT2D eigenvalue weighted by Crippen LogP contribution is -2.35. The third kappa shape index (κ3) is 6.55. The molecule has 3 aromatic carbocycles. The maximum absolute atomic E-state index is 14.6. The maximum atomic E-state index is 14.6. The fraction of sp³-hybridized carbons (Fsp3) is 0.375. The Labute approximate surface area is 249 Å². The molecule has 2 heterocycles. The molecule has 1 saturated heterocycles. The number of unbranched alkanes of at least 4 members (excludes halogenated alkanes) is 1. The second kappa shape index (κ2) is 13.5. The number of hydrogen-bond acceptors (Lipinski definition) is 9. The average molecular weight is 595 g/mol. The highest BCUT2D eigenvalue weighted by Crippen LogP contribution is 2.42. The number of fused-ring (bicyclic) bond motifs is 2. The molecule has 43 heavy (non-hydrogen) atoms. The Kier molecular flexibility index (Phi) is 9.38. The minimum Gasteiger partial charge on any atom is -0.493 e. The number of halogens is 1. The predicted molar refractivity (Wildman–Crippen MR) is 158 cm³/mol. The predicted octanol–water partition coefficient (Wildman–Crippen LogP) is 6.21. The summed E-state index contributed by atoms with van der Waals surface area (Å²) in [6.45, 7) is 1.52. The molecule has 0 aromatic heterocycles. The third-order valence-electron chi connectivity index (χ3n) is 7.29. The van der Waals surface area contributed by atoms with Crippen LogP contribution in [0.1, 0.15) is 36.0 Å². The van der Waals surface area contributed by atoms with Gasteiger partial charge in [-0.25, -0.2) is 4.39 Å². The Balaban J connectivity index is 1.15. The number of ether oxygens (including phenoxy) is 7. The van der Waals surface area contributed by atoms with E-state index in [2.05, 4.69) is 4.99 Å². The Morgan fingerprint density at radius 3 is 2.21 bits per heavy atom. The van der Waals surface area contributed by atoms with Crippen LogP contribution < -0.4 is 33.2 Å². The van der Waals surface area contributed by atoms with Gasteiger partial charge in [-0.1, -0.05) is 0 Å². The van der Waals surface area contributed by atoms with Crippen LogP contribution in [0.4, 0.5) is 10.1 Å². The first kappa shape index (κ1) is 29.8. The van der Waals surface area contributed by atoms with Crippen molar-refractivity contribution in [2.24, 2.45) is 4.99 Å². The smallest absolute Gasteiger partial charge is 0.256 e. The Morgan fingerprint density at radius 1 is 0.814 bits per heavy atom. The van der Waals surface area contributed by atoms with Crippen LogP contribution in [0.5, 0.6) is 46.0 Å². The first-order valence-corrected chi connectivity index (χ1v) is 14.1. The summed E-state index contributed by atoms with van der Waals surface area (Å²) in [4.78, 5) is 19.5. The zero-order chi connectivity index (χ0) is 30.3. The van der Waals surface area contributed by atoms with Crippen LogP contribution in [0.25, 0.3) is 0 Å². The van der Waals surface area contributed by atoms with Crippen molar-refractivity contribution < 1.29 is 42.3 Å². The number of amides is 1. The fourth-order valence-corrected chi connectivity index (χ4v) is 5.09. The Bertz CT molecular complexity index is 1470. The van der Waals surface area contributed by atoms with Gasteiger partial charge in [0.15, 0.2) is 34.6 Å². The van der Waals surface area contributed by atoms with Gasteiger partial charge in [0, 0.05) is 37.0 Å². The molecular weight excluding hydrogens is 559 g/mol. The van der Waals surface area contributed by atoms with Gasteiger partial charge in [-0.2, -0.15) is 0 Å². The number of rotatable bonds is 13. The molecule has 3 aromatic rings. The Hall–Kier alpha value is -4.67. The van der Waals surface area contributed by atoms with E-state index >= 15 is 0 Å². The summed E-state index contributed by atoms with van der Waals surface area (Å²) in [7, 11) is 6.03. The van der Waals surface area contributed by atoms with Crippen LogP contribution in [-0.2, 0) is 0 Å². The van der Waals surface area contributed by atoms with Gasteiger partial charge < -0.3 is 38.1 Å². The lowest BCUT2D eigenvalue weighted by molar-refractivity contribution is 0.0774. The molecule has 1 amide bonds. The quantitative estimate of drug-likeness (QED) is 0.216. The van der Waals surface area contributed by atoms with Crippen molar-refractivity contribution in [2.45, 2.75) is 31.7 Å². The number of aliphatic imine (C=N–C) groups is 1. The molecule has 2 aliphatic rings. The molecule has 228 valence electrons. The van der Waals surface area contributed by atoms with Crippen molar-refractivity contribution in [2.75, 3.05) is 48.2 Å². The largest absolute Gasteiger partial charge is 0.493 e. The summed E-state index contributed by atoms with van der Waals surface area (Å²) < 4.78 is 53.7. The summed E-state index contributed by atoms with van der Waals surface area (Å²) in [5.74, 6) is 2.38. The van der Waals surface area contributed by atoms with Crippen molar-refractivity contribution in [3.8, 4) is 46.0 Å². The molecule has 10 nitrogen and oxygen atoms in total. The van der Waals surface area contributed by atoms with E-state index in [9.17, 15) is 9.18 Å². The van der Waals surface area contributed by atoms with Crippen LogP contribution in [0.15, 0.2) is 47.5 Å². The summed E-state index contributed by atoms with van der Waals surface area (Å²) in [6.07, 6.45) is 5.12. The maximum Gasteiger partial charge on any atom is 0.256 e. The second-order valence-electron chi connectivity index (χ2n) is 9.97. The molecule has 0 unspecified atom stereocenters. The zero-order valence-corrected chi connectivity index (χ0v) is 24.7. The van der Waals surface area contributed by atoms with Crippen LogP contribution in [0.3, 0.4) is 0 Å². The number of benzene rings is 3. The monoisotopic (exact) mass is 594 g/mol. The second-order valence-corrected chi connectivity index (χ2v) is 9.97. The molecule has 0 radical (unpaired) electrons. The van der Waals surface area contributed by atoms with E-state index in [-0.39, 0.29) is 17.7 Å². The molecule has 0 saturated carbocycles. The third-order valence-corrected chi connectivity index (χ3v) is 7.29. The number of methoxy groups -OCH3 is 4. The highest BCUT2D eigenvalue weighted by molar-refractivity contribution is 6.03. The fourth-order valence-electron chi connectivity index (χ4n) is 5.09.